The number of hydrogen-bond acceptors (Lipinski definition) is 5. The van der Waals surface area contributed by atoms with Crippen molar-refractivity contribution in [3.8, 4) is 0 Å². The van der Waals surface area contributed by atoms with Crippen LogP contribution in [0.3, 0.4) is 0 Å². The van der Waals surface area contributed by atoms with Gasteiger partial charge in [-0.25, -0.2) is 0 Å². The summed E-state index contributed by atoms with van der Waals surface area (Å²) >= 11 is 5.74. The molecule has 0 amide bonds. The van der Waals surface area contributed by atoms with Crippen LogP contribution in [0.4, 0.5) is 11.4 Å². The topological polar surface area (TPSA) is 112 Å². The highest BCUT2D eigenvalue weighted by atomic mass is 35.5. The second-order valence-electron chi connectivity index (χ2n) is 2.99. The fourth-order valence-electron chi connectivity index (χ4n) is 1.23. The zero-order valence-corrected chi connectivity index (χ0v) is 8.81. The van der Waals surface area contributed by atoms with Gasteiger partial charge < -0.3 is 5.73 Å². The van der Waals surface area contributed by atoms with Gasteiger partial charge in [-0.1, -0.05) is 11.6 Å². The molecule has 86 valence electrons. The van der Waals surface area contributed by atoms with E-state index in [0.29, 0.717) is 5.56 Å². The molecule has 0 aliphatic carbocycles. The van der Waals surface area contributed by atoms with E-state index in [4.69, 9.17) is 17.3 Å². The Morgan fingerprint density at radius 3 is 2.31 bits per heavy atom. The zero-order valence-electron chi connectivity index (χ0n) is 8.05. The first-order valence-corrected chi connectivity index (χ1v) is 4.66. The molecule has 0 unspecified atom stereocenters. The second kappa shape index (κ2) is 4.86. The van der Waals surface area contributed by atoms with Gasteiger partial charge in [0.2, 0.25) is 0 Å². The minimum atomic E-state index is -0.755. The first-order valence-electron chi connectivity index (χ1n) is 4.28. The number of nitro benzene ring substituents is 2. The summed E-state index contributed by atoms with van der Waals surface area (Å²) in [4.78, 5) is 19.7. The predicted molar refractivity (Wildman–Crippen MR) is 57.5 cm³/mol. The summed E-state index contributed by atoms with van der Waals surface area (Å²) < 4.78 is 0. The monoisotopic (exact) mass is 245 g/mol. The van der Waals surface area contributed by atoms with Crippen LogP contribution in [0.15, 0.2) is 12.1 Å². The van der Waals surface area contributed by atoms with E-state index in [0.717, 1.165) is 6.07 Å². The molecule has 7 nitrogen and oxygen atoms in total. The molecule has 1 aromatic carbocycles. The first kappa shape index (κ1) is 12.3. The van der Waals surface area contributed by atoms with Crippen molar-refractivity contribution in [2.45, 2.75) is 6.42 Å². The molecule has 0 saturated carbocycles. The highest BCUT2D eigenvalue weighted by Crippen LogP contribution is 2.32. The van der Waals surface area contributed by atoms with Crippen LogP contribution < -0.4 is 5.73 Å². The van der Waals surface area contributed by atoms with Gasteiger partial charge >= 0.3 is 0 Å². The SMILES string of the molecule is NCCc1cc([N+](=O)[O-])cc([N+](=O)[O-])c1Cl. The van der Waals surface area contributed by atoms with Crippen molar-refractivity contribution in [3.05, 3.63) is 42.9 Å². The Hall–Kier alpha value is -1.73. The Morgan fingerprint density at radius 2 is 1.88 bits per heavy atom. The summed E-state index contributed by atoms with van der Waals surface area (Å²) in [6.45, 7) is 0.206. The van der Waals surface area contributed by atoms with Gasteiger partial charge in [-0.3, -0.25) is 20.2 Å². The molecular weight excluding hydrogens is 238 g/mol. The third-order valence-electron chi connectivity index (χ3n) is 1.93. The Balaban J connectivity index is 3.38. The number of non-ortho nitro benzene ring substituents is 1. The maximum Gasteiger partial charge on any atom is 0.295 e. The van der Waals surface area contributed by atoms with Crippen molar-refractivity contribution >= 4 is 23.0 Å². The van der Waals surface area contributed by atoms with Gasteiger partial charge in [0, 0.05) is 6.07 Å². The molecule has 0 bridgehead atoms. The Labute approximate surface area is 95.1 Å². The molecule has 0 heterocycles. The van der Waals surface area contributed by atoms with Gasteiger partial charge in [0.1, 0.15) is 5.02 Å². The van der Waals surface area contributed by atoms with Crippen LogP contribution in [0, 0.1) is 20.2 Å². The average Bonchev–Trinajstić information content (AvgIpc) is 2.20. The van der Waals surface area contributed by atoms with Crippen LogP contribution in [0.2, 0.25) is 5.02 Å². The molecule has 16 heavy (non-hydrogen) atoms. The van der Waals surface area contributed by atoms with E-state index in [9.17, 15) is 20.2 Å². The summed E-state index contributed by atoms with van der Waals surface area (Å²) in [6, 6.07) is 2.03. The molecule has 2 N–H and O–H groups in total. The molecule has 1 aromatic rings. The van der Waals surface area contributed by atoms with Crippen molar-refractivity contribution in [2.24, 2.45) is 5.73 Å². The molecule has 0 aliphatic heterocycles. The largest absolute Gasteiger partial charge is 0.330 e. The van der Waals surface area contributed by atoms with Gasteiger partial charge in [0.25, 0.3) is 11.4 Å². The summed E-state index contributed by atoms with van der Waals surface area (Å²) in [5.74, 6) is 0. The van der Waals surface area contributed by atoms with E-state index in [-0.39, 0.29) is 23.7 Å². The van der Waals surface area contributed by atoms with Crippen LogP contribution in [-0.4, -0.2) is 16.4 Å². The minimum Gasteiger partial charge on any atom is -0.330 e. The Kier molecular flexibility index (Phi) is 3.75. The van der Waals surface area contributed by atoms with E-state index in [1.54, 1.807) is 0 Å². The summed E-state index contributed by atoms with van der Waals surface area (Å²) in [6.07, 6.45) is 0.251. The van der Waals surface area contributed by atoms with Crippen molar-refractivity contribution in [1.29, 1.82) is 0 Å². The molecule has 0 atom stereocenters. The van der Waals surface area contributed by atoms with E-state index in [2.05, 4.69) is 0 Å². The van der Waals surface area contributed by atoms with E-state index in [1.807, 2.05) is 0 Å². The Morgan fingerprint density at radius 1 is 1.25 bits per heavy atom. The van der Waals surface area contributed by atoms with E-state index >= 15 is 0 Å². The van der Waals surface area contributed by atoms with Gasteiger partial charge in [0.05, 0.1) is 15.9 Å². The van der Waals surface area contributed by atoms with Crippen LogP contribution in [0.25, 0.3) is 0 Å². The number of nitro groups is 2. The highest BCUT2D eigenvalue weighted by molar-refractivity contribution is 6.33. The average molecular weight is 246 g/mol. The molecular formula is C8H8ClN3O4. The van der Waals surface area contributed by atoms with Crippen molar-refractivity contribution in [3.63, 3.8) is 0 Å². The lowest BCUT2D eigenvalue weighted by Crippen LogP contribution is -2.05. The lowest BCUT2D eigenvalue weighted by atomic mass is 10.1. The Bertz CT molecular complexity index is 449. The molecule has 0 radical (unpaired) electrons. The predicted octanol–water partition coefficient (Wildman–Crippen LogP) is 1.66. The van der Waals surface area contributed by atoms with Gasteiger partial charge in [0.15, 0.2) is 0 Å². The maximum atomic E-state index is 10.6. The number of nitrogens with zero attached hydrogens (tertiary/aromatic N) is 2. The summed E-state index contributed by atoms with van der Waals surface area (Å²) in [7, 11) is 0. The summed E-state index contributed by atoms with van der Waals surface area (Å²) in [5, 5.41) is 21.1. The number of hydrogen-bond donors (Lipinski definition) is 1. The minimum absolute atomic E-state index is 0.0962. The van der Waals surface area contributed by atoms with Crippen LogP contribution in [-0.2, 0) is 6.42 Å². The molecule has 1 rings (SSSR count). The fourth-order valence-corrected chi connectivity index (χ4v) is 1.50. The first-order chi connectivity index (χ1) is 7.47. The number of rotatable bonds is 4. The quantitative estimate of drug-likeness (QED) is 0.640. The molecule has 0 aliphatic rings. The van der Waals surface area contributed by atoms with Gasteiger partial charge in [-0.05, 0) is 18.5 Å². The number of benzene rings is 1. The van der Waals surface area contributed by atoms with Crippen LogP contribution in [0.1, 0.15) is 5.56 Å². The number of nitrogens with two attached hydrogens (primary N) is 1. The fraction of sp³-hybridized carbons (Fsp3) is 0.250. The van der Waals surface area contributed by atoms with E-state index in [1.165, 1.54) is 6.07 Å². The van der Waals surface area contributed by atoms with Crippen LogP contribution >= 0.6 is 11.6 Å². The smallest absolute Gasteiger partial charge is 0.295 e. The van der Waals surface area contributed by atoms with E-state index < -0.39 is 15.5 Å². The van der Waals surface area contributed by atoms with Gasteiger partial charge in [-0.2, -0.15) is 0 Å². The molecule has 8 heteroatoms. The normalized spacial score (nSPS) is 10.1. The van der Waals surface area contributed by atoms with Crippen molar-refractivity contribution in [1.82, 2.24) is 0 Å². The van der Waals surface area contributed by atoms with Crippen LogP contribution in [0.5, 0.6) is 0 Å². The second-order valence-corrected chi connectivity index (χ2v) is 3.37. The lowest BCUT2D eigenvalue weighted by Gasteiger charge is -2.03. The molecule has 0 aromatic heterocycles. The lowest BCUT2D eigenvalue weighted by molar-refractivity contribution is -0.394. The maximum absolute atomic E-state index is 10.6. The number of halogens is 1. The third-order valence-corrected chi connectivity index (χ3v) is 2.37. The molecule has 0 saturated heterocycles. The standard InChI is InChI=1S/C8H8ClN3O4/c9-8-5(1-2-10)3-6(11(13)14)4-7(8)12(15)16/h3-4H,1-2,10H2. The van der Waals surface area contributed by atoms with Crippen molar-refractivity contribution in [2.75, 3.05) is 6.54 Å². The van der Waals surface area contributed by atoms with Gasteiger partial charge in [-0.15, -0.1) is 0 Å². The zero-order chi connectivity index (χ0) is 12.3. The summed E-state index contributed by atoms with van der Waals surface area (Å²) in [5.41, 5.74) is 4.76. The van der Waals surface area contributed by atoms with Crippen molar-refractivity contribution < 1.29 is 9.85 Å². The molecule has 0 fully saturated rings. The molecule has 0 spiro atoms. The highest BCUT2D eigenvalue weighted by Gasteiger charge is 2.22. The third kappa shape index (κ3) is 2.44.